The van der Waals surface area contributed by atoms with Crippen LogP contribution in [-0.2, 0) is 4.79 Å². The van der Waals surface area contributed by atoms with E-state index in [-0.39, 0.29) is 5.91 Å². The minimum Gasteiger partial charge on any atom is -0.372 e. The first-order valence-electron chi connectivity index (χ1n) is 6.12. The van der Waals surface area contributed by atoms with Crippen molar-refractivity contribution in [3.8, 4) is 0 Å². The van der Waals surface area contributed by atoms with Crippen LogP contribution in [0.1, 0.15) is 6.92 Å². The average molecular weight is 242 g/mol. The van der Waals surface area contributed by atoms with Gasteiger partial charge in [0.2, 0.25) is 5.91 Å². The fourth-order valence-corrected chi connectivity index (χ4v) is 2.06. The molecular weight excluding hydrogens is 224 g/mol. The van der Waals surface area contributed by atoms with Crippen molar-refractivity contribution in [2.45, 2.75) is 6.92 Å². The van der Waals surface area contributed by atoms with Gasteiger partial charge in [-0.3, -0.25) is 4.79 Å². The number of nitrogens with zero attached hydrogens (tertiary/aromatic N) is 1. The normalized spacial score (nSPS) is 10.3. The lowest BCUT2D eigenvalue weighted by atomic mass is 10.1. The molecule has 0 saturated carbocycles. The van der Waals surface area contributed by atoms with Crippen molar-refractivity contribution in [2.24, 2.45) is 0 Å². The summed E-state index contributed by atoms with van der Waals surface area (Å²) < 4.78 is 0. The Morgan fingerprint density at radius 1 is 1.17 bits per heavy atom. The monoisotopic (exact) mass is 242 g/mol. The summed E-state index contributed by atoms with van der Waals surface area (Å²) in [6.07, 6.45) is 0. The Kier molecular flexibility index (Phi) is 3.82. The first-order valence-corrected chi connectivity index (χ1v) is 6.12. The second kappa shape index (κ2) is 5.54. The molecule has 1 N–H and O–H groups in total. The molecule has 3 nitrogen and oxygen atoms in total. The van der Waals surface area contributed by atoms with Crippen LogP contribution < -0.4 is 10.2 Å². The van der Waals surface area contributed by atoms with Crippen molar-refractivity contribution in [3.63, 3.8) is 0 Å². The quantitative estimate of drug-likeness (QED) is 0.893. The van der Waals surface area contributed by atoms with Gasteiger partial charge >= 0.3 is 0 Å². The zero-order valence-electron chi connectivity index (χ0n) is 10.8. The van der Waals surface area contributed by atoms with Crippen molar-refractivity contribution >= 4 is 22.4 Å². The number of nitrogens with one attached hydrogen (secondary N) is 1. The van der Waals surface area contributed by atoms with Crippen LogP contribution in [-0.4, -0.2) is 26.0 Å². The van der Waals surface area contributed by atoms with Crippen LogP contribution in [0.4, 0.5) is 5.69 Å². The minimum atomic E-state index is 0.0151. The van der Waals surface area contributed by atoms with Gasteiger partial charge in [-0.05, 0) is 11.5 Å². The third-order valence-corrected chi connectivity index (χ3v) is 3.00. The number of likely N-dealkylation sites (N-methyl/N-ethyl adjacent to an activating group) is 1. The highest BCUT2D eigenvalue weighted by molar-refractivity contribution is 5.94. The Hall–Kier alpha value is -2.03. The van der Waals surface area contributed by atoms with E-state index in [1.807, 2.05) is 19.2 Å². The molecule has 2 aromatic carbocycles. The van der Waals surface area contributed by atoms with Crippen LogP contribution in [0.25, 0.3) is 10.8 Å². The van der Waals surface area contributed by atoms with Crippen molar-refractivity contribution in [3.05, 3.63) is 42.5 Å². The largest absolute Gasteiger partial charge is 0.372 e. The van der Waals surface area contributed by atoms with Gasteiger partial charge in [0.1, 0.15) is 0 Å². The number of anilines is 1. The van der Waals surface area contributed by atoms with Crippen molar-refractivity contribution in [2.75, 3.05) is 25.0 Å². The number of amides is 1. The summed E-state index contributed by atoms with van der Waals surface area (Å²) in [6.45, 7) is 3.00. The molecule has 0 heterocycles. The zero-order chi connectivity index (χ0) is 13.0. The molecule has 0 aliphatic heterocycles. The maximum atomic E-state index is 10.8. The van der Waals surface area contributed by atoms with Crippen LogP contribution in [0.5, 0.6) is 0 Å². The summed E-state index contributed by atoms with van der Waals surface area (Å²) in [6, 6.07) is 14.6. The lowest BCUT2D eigenvalue weighted by Crippen LogP contribution is -2.31. The van der Waals surface area contributed by atoms with Gasteiger partial charge in [0.15, 0.2) is 0 Å². The highest BCUT2D eigenvalue weighted by Crippen LogP contribution is 2.25. The van der Waals surface area contributed by atoms with E-state index in [0.29, 0.717) is 6.54 Å². The molecule has 0 atom stereocenters. The lowest BCUT2D eigenvalue weighted by molar-refractivity contribution is -0.118. The number of hydrogen-bond donors (Lipinski definition) is 1. The predicted molar refractivity (Wildman–Crippen MR) is 75.9 cm³/mol. The summed E-state index contributed by atoms with van der Waals surface area (Å²) in [5.74, 6) is 0.0151. The molecule has 2 rings (SSSR count). The first-order chi connectivity index (χ1) is 8.68. The highest BCUT2D eigenvalue weighted by Gasteiger charge is 2.05. The smallest absolute Gasteiger partial charge is 0.216 e. The fraction of sp³-hybridized carbons (Fsp3) is 0.267. The molecule has 2 aromatic rings. The van der Waals surface area contributed by atoms with Gasteiger partial charge in [0.25, 0.3) is 0 Å². The highest BCUT2D eigenvalue weighted by atomic mass is 16.1. The Morgan fingerprint density at radius 2 is 1.89 bits per heavy atom. The van der Waals surface area contributed by atoms with Crippen LogP contribution >= 0.6 is 0 Å². The lowest BCUT2D eigenvalue weighted by Gasteiger charge is -2.21. The van der Waals surface area contributed by atoms with Crippen molar-refractivity contribution in [1.82, 2.24) is 5.32 Å². The fourth-order valence-electron chi connectivity index (χ4n) is 2.06. The molecule has 0 fully saturated rings. The summed E-state index contributed by atoms with van der Waals surface area (Å²) >= 11 is 0. The molecule has 0 unspecified atom stereocenters. The van der Waals surface area contributed by atoms with Gasteiger partial charge in [0, 0.05) is 38.1 Å². The molecule has 0 saturated heterocycles. The van der Waals surface area contributed by atoms with Gasteiger partial charge in [-0.1, -0.05) is 36.4 Å². The molecule has 0 spiro atoms. The van der Waals surface area contributed by atoms with Crippen LogP contribution in [0.15, 0.2) is 42.5 Å². The molecule has 0 radical (unpaired) electrons. The van der Waals surface area contributed by atoms with E-state index in [2.05, 4.69) is 40.5 Å². The maximum absolute atomic E-state index is 10.8. The molecule has 1 amide bonds. The number of carbonyl (C=O) groups is 1. The summed E-state index contributed by atoms with van der Waals surface area (Å²) in [5.41, 5.74) is 1.19. The summed E-state index contributed by atoms with van der Waals surface area (Å²) in [7, 11) is 2.05. The van der Waals surface area contributed by atoms with Crippen molar-refractivity contribution < 1.29 is 4.79 Å². The Morgan fingerprint density at radius 3 is 2.67 bits per heavy atom. The minimum absolute atomic E-state index is 0.0151. The Balaban J connectivity index is 2.17. The molecular formula is C15H18N2O. The summed E-state index contributed by atoms with van der Waals surface area (Å²) in [5, 5.41) is 5.29. The molecule has 0 aliphatic rings. The van der Waals surface area contributed by atoms with Crippen LogP contribution in [0.2, 0.25) is 0 Å². The SMILES string of the molecule is CC(=O)NCCN(C)c1cccc2ccccc12. The second-order valence-electron chi connectivity index (χ2n) is 4.40. The third kappa shape index (κ3) is 2.80. The second-order valence-corrected chi connectivity index (χ2v) is 4.40. The average Bonchev–Trinajstić information content (AvgIpc) is 2.37. The van der Waals surface area contributed by atoms with Crippen LogP contribution in [0, 0.1) is 0 Å². The zero-order valence-corrected chi connectivity index (χ0v) is 10.8. The number of carbonyl (C=O) groups excluding carboxylic acids is 1. The van der Waals surface area contributed by atoms with E-state index in [1.54, 1.807) is 0 Å². The van der Waals surface area contributed by atoms with E-state index in [0.717, 1.165) is 6.54 Å². The molecule has 94 valence electrons. The predicted octanol–water partition coefficient (Wildman–Crippen LogP) is 2.41. The number of hydrogen-bond acceptors (Lipinski definition) is 2. The van der Waals surface area contributed by atoms with Gasteiger partial charge in [-0.25, -0.2) is 0 Å². The topological polar surface area (TPSA) is 32.3 Å². The van der Waals surface area contributed by atoms with Crippen LogP contribution in [0.3, 0.4) is 0 Å². The van der Waals surface area contributed by atoms with E-state index in [1.165, 1.54) is 23.4 Å². The standard InChI is InChI=1S/C15H18N2O/c1-12(18)16-10-11-17(2)15-9-5-7-13-6-3-4-8-14(13)15/h3-9H,10-11H2,1-2H3,(H,16,18). The summed E-state index contributed by atoms with van der Waals surface area (Å²) in [4.78, 5) is 13.0. The Labute approximate surface area is 107 Å². The number of rotatable bonds is 4. The third-order valence-electron chi connectivity index (χ3n) is 3.00. The Bertz CT molecular complexity index is 546. The van der Waals surface area contributed by atoms with E-state index in [4.69, 9.17) is 0 Å². The van der Waals surface area contributed by atoms with Gasteiger partial charge in [0.05, 0.1) is 0 Å². The maximum Gasteiger partial charge on any atom is 0.216 e. The van der Waals surface area contributed by atoms with Gasteiger partial charge in [-0.2, -0.15) is 0 Å². The number of fused-ring (bicyclic) bond motifs is 1. The van der Waals surface area contributed by atoms with E-state index in [9.17, 15) is 4.79 Å². The van der Waals surface area contributed by atoms with Gasteiger partial charge in [-0.15, -0.1) is 0 Å². The molecule has 18 heavy (non-hydrogen) atoms. The molecule has 3 heteroatoms. The number of benzene rings is 2. The van der Waals surface area contributed by atoms with Crippen molar-refractivity contribution in [1.29, 1.82) is 0 Å². The van der Waals surface area contributed by atoms with E-state index >= 15 is 0 Å². The molecule has 0 aromatic heterocycles. The van der Waals surface area contributed by atoms with Gasteiger partial charge < -0.3 is 10.2 Å². The molecule has 0 aliphatic carbocycles. The molecule has 0 bridgehead atoms. The van der Waals surface area contributed by atoms with E-state index < -0.39 is 0 Å². The first kappa shape index (κ1) is 12.4.